The summed E-state index contributed by atoms with van der Waals surface area (Å²) in [5.74, 6) is -3.86. The van der Waals surface area contributed by atoms with Crippen molar-refractivity contribution in [1.29, 1.82) is 0 Å². The van der Waals surface area contributed by atoms with Crippen molar-refractivity contribution < 1.29 is 31.1 Å². The molecular weight excluding hydrogens is 488 g/mol. The molecule has 1 aliphatic heterocycles. The van der Waals surface area contributed by atoms with Gasteiger partial charge in [0.2, 0.25) is 0 Å². The van der Waals surface area contributed by atoms with Gasteiger partial charge in [-0.15, -0.1) is 0 Å². The Labute approximate surface area is 202 Å². The molecule has 1 aliphatic rings. The Morgan fingerprint density at radius 1 is 1.11 bits per heavy atom. The Hall–Kier alpha value is -3.70. The Bertz CT molecular complexity index is 1230. The molecular formula is C24H21F6N5O. The number of hydrogen-bond donors (Lipinski definition) is 1. The largest absolute Gasteiger partial charge is 0.417 e. The number of carbonyl (C=O) groups excluding carboxylic acids is 1. The van der Waals surface area contributed by atoms with E-state index in [1.807, 2.05) is 0 Å². The van der Waals surface area contributed by atoms with Crippen molar-refractivity contribution in [2.45, 2.75) is 37.9 Å². The SMILES string of the molecule is Cc1ncc(-c2ccc(F)cc2C(=O)N2CCC(F)(F)CC2CNc2ccc(C(F)(F)F)cn2)cn1. The standard InChI is InChI=1S/C24H21F6N5O/c1-14-31-10-15(11-32-14)19-4-3-17(25)8-20(19)22(36)35-7-6-23(26,27)9-18(35)13-34-21-5-2-16(12-33-21)24(28,29)30/h2-5,8,10-12,18H,6-7,9,13H2,1H3,(H,33,34). The van der Waals surface area contributed by atoms with E-state index in [9.17, 15) is 31.1 Å². The first-order chi connectivity index (χ1) is 16.9. The molecule has 2 aromatic heterocycles. The lowest BCUT2D eigenvalue weighted by Crippen LogP contribution is -2.52. The number of alkyl halides is 5. The summed E-state index contributed by atoms with van der Waals surface area (Å²) in [7, 11) is 0. The molecule has 0 bridgehead atoms. The van der Waals surface area contributed by atoms with Crippen LogP contribution in [0.5, 0.6) is 0 Å². The van der Waals surface area contributed by atoms with E-state index in [1.54, 1.807) is 6.92 Å². The molecule has 1 N–H and O–H groups in total. The molecule has 36 heavy (non-hydrogen) atoms. The zero-order valence-electron chi connectivity index (χ0n) is 19.0. The lowest BCUT2D eigenvalue weighted by atomic mass is 9.95. The van der Waals surface area contributed by atoms with Crippen molar-refractivity contribution >= 4 is 11.7 Å². The number of nitrogens with one attached hydrogen (secondary N) is 1. The van der Waals surface area contributed by atoms with Gasteiger partial charge in [-0.25, -0.2) is 28.1 Å². The number of amides is 1. The number of piperidine rings is 1. The number of carbonyl (C=O) groups is 1. The molecule has 0 spiro atoms. The Morgan fingerprint density at radius 2 is 1.83 bits per heavy atom. The van der Waals surface area contributed by atoms with Crippen LogP contribution >= 0.6 is 0 Å². The zero-order valence-corrected chi connectivity index (χ0v) is 19.0. The van der Waals surface area contributed by atoms with E-state index < -0.39 is 48.3 Å². The minimum Gasteiger partial charge on any atom is -0.368 e. The lowest BCUT2D eigenvalue weighted by molar-refractivity contribution is -0.137. The molecule has 6 nitrogen and oxygen atoms in total. The molecule has 12 heteroatoms. The maximum atomic E-state index is 14.3. The van der Waals surface area contributed by atoms with Gasteiger partial charge < -0.3 is 10.2 Å². The highest BCUT2D eigenvalue weighted by atomic mass is 19.4. The molecule has 1 saturated heterocycles. The second-order valence-electron chi connectivity index (χ2n) is 8.48. The van der Waals surface area contributed by atoms with Gasteiger partial charge in [-0.1, -0.05) is 6.07 Å². The quantitative estimate of drug-likeness (QED) is 0.469. The van der Waals surface area contributed by atoms with Crippen LogP contribution in [0.4, 0.5) is 32.2 Å². The van der Waals surface area contributed by atoms with E-state index in [0.29, 0.717) is 23.1 Å². The second kappa shape index (κ2) is 9.75. The van der Waals surface area contributed by atoms with E-state index in [0.717, 1.165) is 18.2 Å². The molecule has 190 valence electrons. The molecule has 1 aromatic carbocycles. The molecule has 3 aromatic rings. The summed E-state index contributed by atoms with van der Waals surface area (Å²) in [5.41, 5.74) is -0.192. The molecule has 0 saturated carbocycles. The number of rotatable bonds is 5. The fourth-order valence-electron chi connectivity index (χ4n) is 3.99. The van der Waals surface area contributed by atoms with E-state index >= 15 is 0 Å². The number of halogens is 6. The summed E-state index contributed by atoms with van der Waals surface area (Å²) in [6.45, 7) is 1.19. The van der Waals surface area contributed by atoms with Gasteiger partial charge in [0.1, 0.15) is 17.5 Å². The van der Waals surface area contributed by atoms with Crippen LogP contribution in [0.2, 0.25) is 0 Å². The van der Waals surface area contributed by atoms with Crippen LogP contribution in [-0.2, 0) is 6.18 Å². The van der Waals surface area contributed by atoms with Gasteiger partial charge in [0.25, 0.3) is 11.8 Å². The molecule has 3 heterocycles. The van der Waals surface area contributed by atoms with Crippen LogP contribution in [-0.4, -0.2) is 50.8 Å². The summed E-state index contributed by atoms with van der Waals surface area (Å²) in [4.78, 5) is 26.6. The fraction of sp³-hybridized carbons (Fsp3) is 0.333. The second-order valence-corrected chi connectivity index (χ2v) is 8.48. The summed E-state index contributed by atoms with van der Waals surface area (Å²) >= 11 is 0. The summed E-state index contributed by atoms with van der Waals surface area (Å²) in [6.07, 6.45) is -2.23. The van der Waals surface area contributed by atoms with Gasteiger partial charge in [-0.05, 0) is 36.8 Å². The zero-order chi connectivity index (χ0) is 26.1. The van der Waals surface area contributed by atoms with Crippen molar-refractivity contribution in [3.63, 3.8) is 0 Å². The first-order valence-electron chi connectivity index (χ1n) is 11.0. The van der Waals surface area contributed by atoms with Crippen LogP contribution in [0.1, 0.15) is 34.6 Å². The summed E-state index contributed by atoms with van der Waals surface area (Å²) < 4.78 is 81.0. The summed E-state index contributed by atoms with van der Waals surface area (Å²) in [5, 5.41) is 2.73. The third-order valence-electron chi connectivity index (χ3n) is 5.87. The van der Waals surface area contributed by atoms with Gasteiger partial charge in [-0.2, -0.15) is 13.2 Å². The van der Waals surface area contributed by atoms with Gasteiger partial charge >= 0.3 is 6.18 Å². The van der Waals surface area contributed by atoms with Crippen molar-refractivity contribution in [3.8, 4) is 11.1 Å². The van der Waals surface area contributed by atoms with Crippen LogP contribution in [0.3, 0.4) is 0 Å². The van der Waals surface area contributed by atoms with E-state index in [4.69, 9.17) is 0 Å². The first kappa shape index (κ1) is 25.4. The molecule has 1 atom stereocenters. The van der Waals surface area contributed by atoms with Crippen LogP contribution in [0.15, 0.2) is 48.9 Å². The minimum atomic E-state index is -4.56. The van der Waals surface area contributed by atoms with E-state index in [2.05, 4.69) is 20.3 Å². The Kier molecular flexibility index (Phi) is 6.87. The highest BCUT2D eigenvalue weighted by Crippen LogP contribution is 2.34. The van der Waals surface area contributed by atoms with E-state index in [-0.39, 0.29) is 24.5 Å². The number of hydrogen-bond acceptors (Lipinski definition) is 5. The van der Waals surface area contributed by atoms with Gasteiger partial charge in [-0.3, -0.25) is 4.79 Å². The first-order valence-corrected chi connectivity index (χ1v) is 11.0. The monoisotopic (exact) mass is 509 g/mol. The third-order valence-corrected chi connectivity index (χ3v) is 5.87. The number of nitrogens with zero attached hydrogens (tertiary/aromatic N) is 4. The summed E-state index contributed by atoms with van der Waals surface area (Å²) in [6, 6.07) is 4.47. The van der Waals surface area contributed by atoms with E-state index in [1.165, 1.54) is 29.4 Å². The van der Waals surface area contributed by atoms with Gasteiger partial charge in [0, 0.05) is 50.1 Å². The number of benzene rings is 1. The predicted octanol–water partition coefficient (Wildman–Crippen LogP) is 5.36. The lowest BCUT2D eigenvalue weighted by Gasteiger charge is -2.39. The van der Waals surface area contributed by atoms with Crippen molar-refractivity contribution in [3.05, 3.63) is 71.7 Å². The highest BCUT2D eigenvalue weighted by Gasteiger charge is 2.42. The smallest absolute Gasteiger partial charge is 0.368 e. The maximum Gasteiger partial charge on any atom is 0.417 e. The molecule has 1 fully saturated rings. The fourth-order valence-corrected chi connectivity index (χ4v) is 3.99. The van der Waals surface area contributed by atoms with Crippen LogP contribution < -0.4 is 5.32 Å². The van der Waals surface area contributed by atoms with Crippen molar-refractivity contribution in [2.75, 3.05) is 18.4 Å². The van der Waals surface area contributed by atoms with Crippen LogP contribution in [0, 0.1) is 12.7 Å². The maximum absolute atomic E-state index is 14.3. The van der Waals surface area contributed by atoms with Crippen molar-refractivity contribution in [2.24, 2.45) is 0 Å². The average molecular weight is 509 g/mol. The molecule has 1 amide bonds. The number of anilines is 1. The highest BCUT2D eigenvalue weighted by molar-refractivity contribution is 6.01. The molecule has 1 unspecified atom stereocenters. The minimum absolute atomic E-state index is 0.0348. The normalized spacial score (nSPS) is 17.6. The number of aryl methyl sites for hydroxylation is 1. The number of aromatic nitrogens is 3. The number of likely N-dealkylation sites (tertiary alicyclic amines) is 1. The number of pyridine rings is 1. The third kappa shape index (κ3) is 5.74. The van der Waals surface area contributed by atoms with Gasteiger partial charge in [0.15, 0.2) is 0 Å². The predicted molar refractivity (Wildman–Crippen MR) is 119 cm³/mol. The van der Waals surface area contributed by atoms with Crippen LogP contribution in [0.25, 0.3) is 11.1 Å². The van der Waals surface area contributed by atoms with Gasteiger partial charge in [0.05, 0.1) is 17.2 Å². The topological polar surface area (TPSA) is 71.0 Å². The Balaban J connectivity index is 1.59. The average Bonchev–Trinajstić information content (AvgIpc) is 2.82. The Morgan fingerprint density at radius 3 is 2.47 bits per heavy atom. The molecule has 0 aliphatic carbocycles. The molecule has 0 radical (unpaired) electrons. The van der Waals surface area contributed by atoms with Crippen molar-refractivity contribution in [1.82, 2.24) is 19.9 Å². The molecule has 4 rings (SSSR count).